The zero-order valence-electron chi connectivity index (χ0n) is 22.2. The van der Waals surface area contributed by atoms with Crippen LogP contribution in [0.25, 0.3) is 0 Å². The van der Waals surface area contributed by atoms with Gasteiger partial charge in [0, 0.05) is 44.1 Å². The highest BCUT2D eigenvalue weighted by Crippen LogP contribution is 2.26. The van der Waals surface area contributed by atoms with E-state index in [2.05, 4.69) is 10.6 Å². The number of ketones is 1. The van der Waals surface area contributed by atoms with Crippen LogP contribution in [0.2, 0.25) is 0 Å². The topological polar surface area (TPSA) is 139 Å². The van der Waals surface area contributed by atoms with Crippen molar-refractivity contribution in [3.8, 4) is 0 Å². The van der Waals surface area contributed by atoms with Crippen LogP contribution in [0.4, 0.5) is 0 Å². The Bertz CT molecular complexity index is 687. The molecule has 1 aliphatic rings. The van der Waals surface area contributed by atoms with Crippen molar-refractivity contribution in [2.45, 2.75) is 110 Å². The standard InChI is InChI=1S/C23H40N4O5S.C2H6/c1-16(2)26-20(29)11-7-4-8-12-25-22(31)18(24)15-33-19-14-21(30)27(23(19)32)13-9-5-6-10-17(3)28;1-2/h16,18-19H,4-15,24H2,1-3H3,(H,25,31)(H,26,29);1-2H3. The Morgan fingerprint density at radius 1 is 1.03 bits per heavy atom. The van der Waals surface area contributed by atoms with E-state index in [4.69, 9.17) is 5.73 Å². The SMILES string of the molecule is CC.CC(=O)CCCCCN1C(=O)CC(SCC(N)C(=O)NCCCCCC(=O)NC(C)C)C1=O. The van der Waals surface area contributed by atoms with Crippen LogP contribution in [-0.4, -0.2) is 70.5 Å². The number of rotatable bonds is 17. The normalized spacial score (nSPS) is 16.1. The quantitative estimate of drug-likeness (QED) is 0.200. The molecule has 1 aliphatic heterocycles. The average Bonchev–Trinajstić information content (AvgIpc) is 3.07. The van der Waals surface area contributed by atoms with Gasteiger partial charge in [0.05, 0.1) is 11.3 Å². The number of carbonyl (C=O) groups is 5. The summed E-state index contributed by atoms with van der Waals surface area (Å²) in [7, 11) is 0. The number of nitrogens with two attached hydrogens (primary N) is 1. The first kappa shape index (κ1) is 33.1. The molecule has 0 aliphatic carbocycles. The van der Waals surface area contributed by atoms with Gasteiger partial charge in [-0.05, 0) is 46.5 Å². The molecule has 1 heterocycles. The van der Waals surface area contributed by atoms with Gasteiger partial charge in [-0.15, -0.1) is 11.8 Å². The van der Waals surface area contributed by atoms with Gasteiger partial charge in [-0.2, -0.15) is 0 Å². The molecule has 1 fully saturated rings. The van der Waals surface area contributed by atoms with E-state index < -0.39 is 11.3 Å². The lowest BCUT2D eigenvalue weighted by molar-refractivity contribution is -0.138. The Morgan fingerprint density at radius 2 is 1.66 bits per heavy atom. The van der Waals surface area contributed by atoms with Crippen LogP contribution in [0.3, 0.4) is 0 Å². The summed E-state index contributed by atoms with van der Waals surface area (Å²) in [5.74, 6) is -0.239. The molecule has 35 heavy (non-hydrogen) atoms. The average molecular weight is 515 g/mol. The third-order valence-electron chi connectivity index (χ3n) is 5.26. The molecule has 0 radical (unpaired) electrons. The molecule has 0 bridgehead atoms. The second-order valence-electron chi connectivity index (χ2n) is 8.85. The third kappa shape index (κ3) is 14.9. The van der Waals surface area contributed by atoms with Gasteiger partial charge in [0.2, 0.25) is 23.6 Å². The highest BCUT2D eigenvalue weighted by atomic mass is 32.2. The van der Waals surface area contributed by atoms with Crippen molar-refractivity contribution in [3.05, 3.63) is 0 Å². The van der Waals surface area contributed by atoms with E-state index in [-0.39, 0.29) is 47.6 Å². The molecule has 0 spiro atoms. The molecule has 4 N–H and O–H groups in total. The van der Waals surface area contributed by atoms with E-state index in [9.17, 15) is 24.0 Å². The smallest absolute Gasteiger partial charge is 0.242 e. The molecule has 2 atom stereocenters. The van der Waals surface area contributed by atoms with Crippen LogP contribution in [0.15, 0.2) is 0 Å². The van der Waals surface area contributed by atoms with Crippen LogP contribution >= 0.6 is 11.8 Å². The summed E-state index contributed by atoms with van der Waals surface area (Å²) in [4.78, 5) is 60.7. The van der Waals surface area contributed by atoms with Gasteiger partial charge >= 0.3 is 0 Å². The van der Waals surface area contributed by atoms with Crippen molar-refractivity contribution < 1.29 is 24.0 Å². The minimum atomic E-state index is -0.754. The number of hydrogen-bond acceptors (Lipinski definition) is 7. The van der Waals surface area contributed by atoms with Crippen LogP contribution in [0, 0.1) is 0 Å². The van der Waals surface area contributed by atoms with Crippen LogP contribution in [-0.2, 0) is 24.0 Å². The first-order valence-corrected chi connectivity index (χ1v) is 13.9. The van der Waals surface area contributed by atoms with Crippen molar-refractivity contribution in [1.82, 2.24) is 15.5 Å². The van der Waals surface area contributed by atoms with Crippen molar-refractivity contribution in [2.75, 3.05) is 18.8 Å². The van der Waals surface area contributed by atoms with Crippen molar-refractivity contribution in [1.29, 1.82) is 0 Å². The molecule has 1 rings (SSSR count). The maximum Gasteiger partial charge on any atom is 0.242 e. The second-order valence-corrected chi connectivity index (χ2v) is 10.1. The number of nitrogens with one attached hydrogen (secondary N) is 2. The van der Waals surface area contributed by atoms with Crippen molar-refractivity contribution in [3.63, 3.8) is 0 Å². The summed E-state index contributed by atoms with van der Waals surface area (Å²) in [6.45, 7) is 10.3. The highest BCUT2D eigenvalue weighted by molar-refractivity contribution is 8.00. The number of hydrogen-bond donors (Lipinski definition) is 3. The fraction of sp³-hybridized carbons (Fsp3) is 0.800. The van der Waals surface area contributed by atoms with Gasteiger partial charge in [-0.1, -0.05) is 26.7 Å². The molecular formula is C25H46N4O5S. The summed E-state index contributed by atoms with van der Waals surface area (Å²) in [5.41, 5.74) is 5.95. The monoisotopic (exact) mass is 514 g/mol. The lowest BCUT2D eigenvalue weighted by Gasteiger charge is -2.16. The van der Waals surface area contributed by atoms with E-state index in [1.54, 1.807) is 6.92 Å². The molecular weight excluding hydrogens is 468 g/mol. The van der Waals surface area contributed by atoms with Gasteiger partial charge in [-0.3, -0.25) is 24.1 Å². The predicted octanol–water partition coefficient (Wildman–Crippen LogP) is 2.55. The lowest BCUT2D eigenvalue weighted by atomic mass is 10.1. The number of thioether (sulfide) groups is 1. The molecule has 0 aromatic rings. The van der Waals surface area contributed by atoms with E-state index >= 15 is 0 Å². The zero-order valence-corrected chi connectivity index (χ0v) is 23.0. The number of imide groups is 1. The van der Waals surface area contributed by atoms with Gasteiger partial charge in [0.25, 0.3) is 0 Å². The molecule has 0 saturated carbocycles. The first-order chi connectivity index (χ1) is 16.6. The minimum absolute atomic E-state index is 0.0413. The van der Waals surface area contributed by atoms with Crippen molar-refractivity contribution in [2.24, 2.45) is 5.73 Å². The van der Waals surface area contributed by atoms with Crippen LogP contribution < -0.4 is 16.4 Å². The number of Topliss-reactive ketones (excluding diaryl/α,β-unsaturated/α-hetero) is 1. The molecule has 0 aromatic heterocycles. The third-order valence-corrected chi connectivity index (χ3v) is 6.58. The Morgan fingerprint density at radius 3 is 2.29 bits per heavy atom. The first-order valence-electron chi connectivity index (χ1n) is 12.9. The summed E-state index contributed by atoms with van der Waals surface area (Å²) in [6.07, 6.45) is 5.74. The fourth-order valence-corrected chi connectivity index (χ4v) is 4.58. The molecule has 9 nitrogen and oxygen atoms in total. The molecule has 202 valence electrons. The molecule has 4 amide bonds. The summed E-state index contributed by atoms with van der Waals surface area (Å²) in [6, 6.07) is -0.615. The predicted molar refractivity (Wildman–Crippen MR) is 141 cm³/mol. The summed E-state index contributed by atoms with van der Waals surface area (Å²) in [5, 5.41) is 5.14. The van der Waals surface area contributed by atoms with Gasteiger partial charge < -0.3 is 21.2 Å². The van der Waals surface area contributed by atoms with Gasteiger partial charge in [0.1, 0.15) is 5.78 Å². The summed E-state index contributed by atoms with van der Waals surface area (Å²) >= 11 is 1.25. The minimum Gasteiger partial charge on any atom is -0.355 e. The second kappa shape index (κ2) is 19.3. The van der Waals surface area contributed by atoms with Crippen molar-refractivity contribution >= 4 is 41.2 Å². The van der Waals surface area contributed by atoms with Crippen LogP contribution in [0.5, 0.6) is 0 Å². The largest absolute Gasteiger partial charge is 0.355 e. The van der Waals surface area contributed by atoms with Gasteiger partial charge in [0.15, 0.2) is 0 Å². The van der Waals surface area contributed by atoms with Crippen LogP contribution in [0.1, 0.15) is 92.4 Å². The van der Waals surface area contributed by atoms with E-state index in [0.29, 0.717) is 32.4 Å². The number of nitrogens with zero attached hydrogens (tertiary/aromatic N) is 1. The van der Waals surface area contributed by atoms with E-state index in [1.807, 2.05) is 27.7 Å². The molecule has 2 unspecified atom stereocenters. The number of carbonyl (C=O) groups excluding carboxylic acids is 5. The highest BCUT2D eigenvalue weighted by Gasteiger charge is 2.38. The Kier molecular flexibility index (Phi) is 18.2. The van der Waals surface area contributed by atoms with E-state index in [1.165, 1.54) is 16.7 Å². The number of likely N-dealkylation sites (tertiary alicyclic amines) is 1. The number of amides is 4. The molecule has 10 heteroatoms. The number of unbranched alkanes of at least 4 members (excludes halogenated alkanes) is 4. The maximum absolute atomic E-state index is 12.5. The Hall–Kier alpha value is -1.94. The summed E-state index contributed by atoms with van der Waals surface area (Å²) < 4.78 is 0. The van der Waals surface area contributed by atoms with E-state index in [0.717, 1.165) is 32.1 Å². The Balaban J connectivity index is 0.00000562. The maximum atomic E-state index is 12.5. The molecule has 0 aromatic carbocycles. The van der Waals surface area contributed by atoms with Gasteiger partial charge in [-0.25, -0.2) is 0 Å². The lowest BCUT2D eigenvalue weighted by Crippen LogP contribution is -2.43. The zero-order chi connectivity index (χ0) is 26.8. The Labute approximate surface area is 215 Å². The fourth-order valence-electron chi connectivity index (χ4n) is 3.46. The molecule has 1 saturated heterocycles.